The predicted molar refractivity (Wildman–Crippen MR) is 62.0 cm³/mol. The molecule has 0 fully saturated rings. The fraction of sp³-hybridized carbons (Fsp3) is 0.0833. The van der Waals surface area contributed by atoms with E-state index in [1.807, 2.05) is 6.08 Å². The zero-order valence-electron chi connectivity index (χ0n) is 8.51. The molecule has 1 aromatic carbocycles. The number of carbonyl (C=O) groups is 1. The number of nitroso groups, excluding NO2 is 1. The van der Waals surface area contributed by atoms with E-state index in [2.05, 4.69) is 17.1 Å². The van der Waals surface area contributed by atoms with Crippen LogP contribution in [0.3, 0.4) is 0 Å². The van der Waals surface area contributed by atoms with E-state index in [-0.39, 0.29) is 6.04 Å². The number of benzene rings is 1. The Labute approximate surface area is 92.6 Å². The van der Waals surface area contributed by atoms with Crippen molar-refractivity contribution in [1.82, 2.24) is 5.32 Å². The minimum absolute atomic E-state index is 0.279. The molecule has 1 aromatic rings. The Balaban J connectivity index is 2.51. The highest BCUT2D eigenvalue weighted by molar-refractivity contribution is 5.77. The smallest absolute Gasteiger partial charge is 0.147 e. The maximum absolute atomic E-state index is 10.7. The topological polar surface area (TPSA) is 58.5 Å². The molecular weight excluding hydrogens is 204 g/mol. The first-order valence-electron chi connectivity index (χ1n) is 4.80. The molecule has 1 atom stereocenters. The third kappa shape index (κ3) is 1.65. The Hall–Kier alpha value is -2.23. The van der Waals surface area contributed by atoms with E-state index < -0.39 is 0 Å². The average Bonchev–Trinajstić information content (AvgIpc) is 2.36. The van der Waals surface area contributed by atoms with E-state index >= 15 is 0 Å². The zero-order valence-corrected chi connectivity index (χ0v) is 8.51. The van der Waals surface area contributed by atoms with Crippen molar-refractivity contribution in [3.05, 3.63) is 52.6 Å². The van der Waals surface area contributed by atoms with Crippen molar-refractivity contribution in [2.45, 2.75) is 6.04 Å². The molecule has 16 heavy (non-hydrogen) atoms. The number of hydrogen-bond acceptors (Lipinski definition) is 4. The molecule has 0 spiro atoms. The van der Waals surface area contributed by atoms with E-state index in [0.29, 0.717) is 17.5 Å². The van der Waals surface area contributed by atoms with Gasteiger partial charge < -0.3 is 5.32 Å². The van der Waals surface area contributed by atoms with Gasteiger partial charge in [0, 0.05) is 5.57 Å². The highest BCUT2D eigenvalue weighted by Gasteiger charge is 2.19. The lowest BCUT2D eigenvalue weighted by atomic mass is 9.93. The van der Waals surface area contributed by atoms with Gasteiger partial charge in [-0.25, -0.2) is 0 Å². The van der Waals surface area contributed by atoms with Crippen molar-refractivity contribution in [3.8, 4) is 0 Å². The lowest BCUT2D eigenvalue weighted by molar-refractivity contribution is -0.105. The second-order valence-electron chi connectivity index (χ2n) is 3.53. The molecule has 4 nitrogen and oxygen atoms in total. The number of rotatable bonds is 3. The lowest BCUT2D eigenvalue weighted by Crippen LogP contribution is -2.21. The number of fused-ring (bicyclic) bond motifs is 1. The molecule has 1 unspecified atom stereocenters. The van der Waals surface area contributed by atoms with Gasteiger partial charge in [-0.2, -0.15) is 0 Å². The van der Waals surface area contributed by atoms with Crippen LogP contribution in [0.5, 0.6) is 0 Å². The Morgan fingerprint density at radius 1 is 1.50 bits per heavy atom. The molecule has 1 heterocycles. The van der Waals surface area contributed by atoms with Gasteiger partial charge in [-0.05, 0) is 40.7 Å². The third-order valence-corrected chi connectivity index (χ3v) is 2.53. The van der Waals surface area contributed by atoms with Crippen LogP contribution in [0, 0.1) is 4.91 Å². The molecule has 1 aliphatic rings. The largest absolute Gasteiger partial charge is 0.380 e. The normalized spacial score (nSPS) is 17.1. The van der Waals surface area contributed by atoms with Gasteiger partial charge in [-0.1, -0.05) is 12.6 Å². The Bertz CT molecular complexity index is 492. The van der Waals surface area contributed by atoms with Gasteiger partial charge in [-0.15, -0.1) is 4.91 Å². The van der Waals surface area contributed by atoms with Crippen LogP contribution in [0.25, 0.3) is 6.08 Å². The van der Waals surface area contributed by atoms with Gasteiger partial charge in [-0.3, -0.25) is 4.79 Å². The molecule has 0 bridgehead atoms. The molecule has 0 aromatic heterocycles. The molecule has 0 saturated heterocycles. The number of hydrogen-bond donors (Lipinski definition) is 1. The van der Waals surface area contributed by atoms with Crippen molar-refractivity contribution >= 4 is 18.0 Å². The Morgan fingerprint density at radius 3 is 3.00 bits per heavy atom. The fourth-order valence-electron chi connectivity index (χ4n) is 1.72. The molecule has 0 radical (unpaired) electrons. The zero-order chi connectivity index (χ0) is 11.5. The summed E-state index contributed by atoms with van der Waals surface area (Å²) in [6, 6.07) is 4.83. The average molecular weight is 214 g/mol. The molecule has 0 aliphatic carbocycles. The molecule has 1 N–H and O–H groups in total. The monoisotopic (exact) mass is 214 g/mol. The maximum Gasteiger partial charge on any atom is 0.147 e. The third-order valence-electron chi connectivity index (χ3n) is 2.53. The Morgan fingerprint density at radius 2 is 2.31 bits per heavy atom. The van der Waals surface area contributed by atoms with Gasteiger partial charge in [0.05, 0.1) is 6.04 Å². The molecule has 1 aliphatic heterocycles. The van der Waals surface area contributed by atoms with E-state index in [1.165, 1.54) is 0 Å². The van der Waals surface area contributed by atoms with E-state index in [9.17, 15) is 9.70 Å². The van der Waals surface area contributed by atoms with Crippen molar-refractivity contribution in [3.63, 3.8) is 0 Å². The molecule has 80 valence electrons. The van der Waals surface area contributed by atoms with Crippen LogP contribution >= 0.6 is 0 Å². The second kappa shape index (κ2) is 4.10. The maximum atomic E-state index is 10.7. The standard InChI is InChI=1S/C12H10N2O2/c1-8(7-15)12-11-6-10(14-16)3-2-9(11)4-5-13-12/h2-7,12-13H,1H2. The van der Waals surface area contributed by atoms with Crippen molar-refractivity contribution in [1.29, 1.82) is 0 Å². The highest BCUT2D eigenvalue weighted by Crippen LogP contribution is 2.30. The van der Waals surface area contributed by atoms with E-state index in [0.717, 1.165) is 11.1 Å². The molecule has 0 amide bonds. The summed E-state index contributed by atoms with van der Waals surface area (Å²) in [6.07, 6.45) is 4.34. The summed E-state index contributed by atoms with van der Waals surface area (Å²) in [5, 5.41) is 5.90. The van der Waals surface area contributed by atoms with Gasteiger partial charge in [0.2, 0.25) is 0 Å². The van der Waals surface area contributed by atoms with Gasteiger partial charge >= 0.3 is 0 Å². The van der Waals surface area contributed by atoms with Gasteiger partial charge in [0.25, 0.3) is 0 Å². The second-order valence-corrected chi connectivity index (χ2v) is 3.53. The number of aldehydes is 1. The van der Waals surface area contributed by atoms with Crippen LogP contribution in [0.2, 0.25) is 0 Å². The predicted octanol–water partition coefficient (Wildman–Crippen LogP) is 2.45. The molecular formula is C12H10N2O2. The van der Waals surface area contributed by atoms with Gasteiger partial charge in [0.1, 0.15) is 12.0 Å². The fourth-order valence-corrected chi connectivity index (χ4v) is 1.72. The van der Waals surface area contributed by atoms with Crippen LogP contribution in [0.1, 0.15) is 17.2 Å². The minimum Gasteiger partial charge on any atom is -0.380 e. The van der Waals surface area contributed by atoms with Crippen LogP contribution in [-0.4, -0.2) is 6.29 Å². The molecule has 4 heteroatoms. The Kier molecular flexibility index (Phi) is 2.64. The SMILES string of the molecule is C=C(C=O)C1NC=Cc2ccc(N=O)cc21. The summed E-state index contributed by atoms with van der Waals surface area (Å²) in [5.41, 5.74) is 2.57. The van der Waals surface area contributed by atoms with Crippen molar-refractivity contribution < 1.29 is 4.79 Å². The first-order valence-corrected chi connectivity index (χ1v) is 4.80. The lowest BCUT2D eigenvalue weighted by Gasteiger charge is -2.23. The van der Waals surface area contributed by atoms with Crippen LogP contribution < -0.4 is 5.32 Å². The quantitative estimate of drug-likeness (QED) is 0.477. The van der Waals surface area contributed by atoms with E-state index in [4.69, 9.17) is 0 Å². The molecule has 2 rings (SSSR count). The first kappa shape index (κ1) is 10.3. The van der Waals surface area contributed by atoms with Crippen LogP contribution in [0.4, 0.5) is 5.69 Å². The van der Waals surface area contributed by atoms with Gasteiger partial charge in [0.15, 0.2) is 0 Å². The number of nitrogens with zero attached hydrogens (tertiary/aromatic N) is 1. The van der Waals surface area contributed by atoms with Crippen LogP contribution in [0.15, 0.2) is 41.7 Å². The summed E-state index contributed by atoms with van der Waals surface area (Å²) in [7, 11) is 0. The number of nitrogens with one attached hydrogen (secondary N) is 1. The summed E-state index contributed by atoms with van der Waals surface area (Å²) in [6.45, 7) is 3.68. The van der Waals surface area contributed by atoms with E-state index in [1.54, 1.807) is 24.4 Å². The highest BCUT2D eigenvalue weighted by atomic mass is 16.3. The number of carbonyl (C=O) groups excluding carboxylic acids is 1. The summed E-state index contributed by atoms with van der Waals surface area (Å²) in [5.74, 6) is 0. The summed E-state index contributed by atoms with van der Waals surface area (Å²) < 4.78 is 0. The van der Waals surface area contributed by atoms with Crippen LogP contribution in [-0.2, 0) is 4.79 Å². The van der Waals surface area contributed by atoms with Crippen molar-refractivity contribution in [2.75, 3.05) is 0 Å². The summed E-state index contributed by atoms with van der Waals surface area (Å²) in [4.78, 5) is 21.2. The van der Waals surface area contributed by atoms with Crippen molar-refractivity contribution in [2.24, 2.45) is 5.18 Å². The minimum atomic E-state index is -0.279. The molecule has 0 saturated carbocycles. The summed E-state index contributed by atoms with van der Waals surface area (Å²) >= 11 is 0. The first-order chi connectivity index (χ1) is 7.76.